The lowest BCUT2D eigenvalue weighted by atomic mass is 10.6. The molecule has 1 rings (SSSR count). The highest BCUT2D eigenvalue weighted by Gasteiger charge is 2.32. The third kappa shape index (κ3) is 1.54. The van der Waals surface area contributed by atoms with Crippen LogP contribution in [-0.2, 0) is 14.3 Å². The molecule has 0 aromatic heterocycles. The van der Waals surface area contributed by atoms with Crippen molar-refractivity contribution in [1.82, 2.24) is 10.2 Å². The molecule has 0 aliphatic carbocycles. The maximum atomic E-state index is 11.0. The van der Waals surface area contributed by atoms with Gasteiger partial charge in [-0.15, -0.1) is 0 Å². The number of ether oxygens (including phenoxy) is 2. The second-order valence-electron chi connectivity index (χ2n) is 2.26. The van der Waals surface area contributed by atoms with E-state index in [0.29, 0.717) is 0 Å². The third-order valence-corrected chi connectivity index (χ3v) is 1.48. The van der Waals surface area contributed by atoms with E-state index in [0.717, 1.165) is 4.90 Å². The summed E-state index contributed by atoms with van der Waals surface area (Å²) in [6.07, 6.45) is -0.795. The molecule has 6 nitrogen and oxygen atoms in total. The van der Waals surface area contributed by atoms with Gasteiger partial charge in [0.15, 0.2) is 0 Å². The molecule has 68 valence electrons. The van der Waals surface area contributed by atoms with E-state index in [2.05, 4.69) is 5.32 Å². The maximum absolute atomic E-state index is 11.0. The number of nitrogens with zero attached hydrogens (tertiary/aromatic N) is 1. The molecule has 1 heterocycles. The number of hydrogen-bond acceptors (Lipinski definition) is 4. The molecule has 1 aliphatic rings. The van der Waals surface area contributed by atoms with Crippen molar-refractivity contribution in [3.05, 3.63) is 0 Å². The van der Waals surface area contributed by atoms with E-state index in [-0.39, 0.29) is 12.5 Å². The average molecular weight is 174 g/mol. The topological polar surface area (TPSA) is 67.9 Å². The highest BCUT2D eigenvalue weighted by molar-refractivity contribution is 6.01. The lowest BCUT2D eigenvalue weighted by Crippen LogP contribution is -2.40. The molecule has 1 aliphatic heterocycles. The van der Waals surface area contributed by atoms with Crippen LogP contribution in [-0.4, -0.2) is 44.0 Å². The summed E-state index contributed by atoms with van der Waals surface area (Å²) in [5.41, 5.74) is 0. The van der Waals surface area contributed by atoms with Gasteiger partial charge in [-0.25, -0.2) is 4.79 Å². The van der Waals surface area contributed by atoms with Gasteiger partial charge in [-0.1, -0.05) is 0 Å². The van der Waals surface area contributed by atoms with Gasteiger partial charge in [0.1, 0.15) is 6.54 Å². The van der Waals surface area contributed by atoms with Crippen LogP contribution >= 0.6 is 0 Å². The van der Waals surface area contributed by atoms with E-state index in [9.17, 15) is 9.59 Å². The highest BCUT2D eigenvalue weighted by atomic mass is 16.7. The molecule has 0 radical (unpaired) electrons. The van der Waals surface area contributed by atoms with Gasteiger partial charge in [-0.05, 0) is 0 Å². The lowest BCUT2D eigenvalue weighted by molar-refractivity contribution is -0.173. The zero-order valence-electron chi connectivity index (χ0n) is 6.86. The Morgan fingerprint density at radius 1 is 1.42 bits per heavy atom. The van der Waals surface area contributed by atoms with Crippen LogP contribution in [0.15, 0.2) is 0 Å². The first-order valence-electron chi connectivity index (χ1n) is 3.35. The van der Waals surface area contributed by atoms with E-state index in [4.69, 9.17) is 9.47 Å². The Morgan fingerprint density at radius 3 is 2.33 bits per heavy atom. The van der Waals surface area contributed by atoms with Crippen LogP contribution in [0.3, 0.4) is 0 Å². The fourth-order valence-corrected chi connectivity index (χ4v) is 0.978. The monoisotopic (exact) mass is 174 g/mol. The van der Waals surface area contributed by atoms with Crippen LogP contribution in [0.5, 0.6) is 0 Å². The van der Waals surface area contributed by atoms with E-state index < -0.39 is 12.4 Å². The summed E-state index contributed by atoms with van der Waals surface area (Å²) in [5.74, 6) is -0.348. The number of urea groups is 1. The fraction of sp³-hybridized carbons (Fsp3) is 0.667. The second-order valence-corrected chi connectivity index (χ2v) is 2.26. The van der Waals surface area contributed by atoms with Crippen molar-refractivity contribution in [2.75, 3.05) is 20.8 Å². The molecule has 0 aromatic rings. The van der Waals surface area contributed by atoms with Gasteiger partial charge < -0.3 is 9.47 Å². The summed E-state index contributed by atoms with van der Waals surface area (Å²) in [5, 5.41) is 2.10. The Balaban J connectivity index is 2.62. The molecular formula is C6H10N2O4. The summed E-state index contributed by atoms with van der Waals surface area (Å²) in [6, 6.07) is -0.492. The summed E-state index contributed by atoms with van der Waals surface area (Å²) in [4.78, 5) is 22.8. The number of amides is 3. The van der Waals surface area contributed by atoms with E-state index in [1.807, 2.05) is 0 Å². The molecule has 0 atom stereocenters. The smallest absolute Gasteiger partial charge is 0.328 e. The van der Waals surface area contributed by atoms with Gasteiger partial charge in [0.25, 0.3) is 0 Å². The van der Waals surface area contributed by atoms with Crippen LogP contribution in [0, 0.1) is 0 Å². The van der Waals surface area contributed by atoms with Gasteiger partial charge in [-0.3, -0.25) is 15.0 Å². The number of methoxy groups -OCH3 is 2. The van der Waals surface area contributed by atoms with Crippen molar-refractivity contribution in [2.24, 2.45) is 0 Å². The highest BCUT2D eigenvalue weighted by Crippen LogP contribution is 2.05. The van der Waals surface area contributed by atoms with Crippen LogP contribution in [0.4, 0.5) is 4.79 Å². The van der Waals surface area contributed by atoms with Gasteiger partial charge >= 0.3 is 6.03 Å². The lowest BCUT2D eigenvalue weighted by Gasteiger charge is -2.21. The maximum Gasteiger partial charge on any atom is 0.328 e. The Labute approximate surface area is 69.4 Å². The summed E-state index contributed by atoms with van der Waals surface area (Å²) in [6.45, 7) is -0.0226. The number of nitrogens with one attached hydrogen (secondary N) is 1. The molecule has 0 spiro atoms. The molecule has 0 saturated carbocycles. The van der Waals surface area contributed by atoms with Crippen molar-refractivity contribution in [2.45, 2.75) is 6.41 Å². The van der Waals surface area contributed by atoms with E-state index in [1.165, 1.54) is 14.2 Å². The summed E-state index contributed by atoms with van der Waals surface area (Å²) < 4.78 is 9.59. The van der Waals surface area contributed by atoms with Crippen LogP contribution in [0.1, 0.15) is 0 Å². The Bertz CT molecular complexity index is 202. The van der Waals surface area contributed by atoms with Crippen molar-refractivity contribution >= 4 is 11.9 Å². The number of imide groups is 1. The zero-order valence-corrected chi connectivity index (χ0v) is 6.86. The minimum absolute atomic E-state index is 0.0226. The largest absolute Gasteiger partial charge is 0.338 e. The molecule has 1 N–H and O–H groups in total. The van der Waals surface area contributed by atoms with Crippen molar-refractivity contribution < 1.29 is 19.1 Å². The SMILES string of the molecule is COC(OC)N1CC(=O)NC1=O. The quantitative estimate of drug-likeness (QED) is 0.445. The molecule has 12 heavy (non-hydrogen) atoms. The average Bonchev–Trinajstić information content (AvgIpc) is 2.34. The number of carbonyl (C=O) groups is 2. The van der Waals surface area contributed by atoms with Crippen LogP contribution in [0.2, 0.25) is 0 Å². The number of rotatable bonds is 3. The Morgan fingerprint density at radius 2 is 2.00 bits per heavy atom. The normalized spacial score (nSPS) is 17.4. The molecule has 0 aromatic carbocycles. The Hall–Kier alpha value is -1.14. The minimum Gasteiger partial charge on any atom is -0.338 e. The molecular weight excluding hydrogens is 164 g/mol. The van der Waals surface area contributed by atoms with E-state index >= 15 is 0 Å². The summed E-state index contributed by atoms with van der Waals surface area (Å²) in [7, 11) is 2.79. The van der Waals surface area contributed by atoms with Gasteiger partial charge in [0.2, 0.25) is 12.3 Å². The summed E-state index contributed by atoms with van der Waals surface area (Å²) >= 11 is 0. The predicted molar refractivity (Wildman–Crippen MR) is 38.1 cm³/mol. The number of hydrogen-bond donors (Lipinski definition) is 1. The van der Waals surface area contributed by atoms with Crippen LogP contribution in [0.25, 0.3) is 0 Å². The van der Waals surface area contributed by atoms with Crippen molar-refractivity contribution in [1.29, 1.82) is 0 Å². The van der Waals surface area contributed by atoms with Crippen LogP contribution < -0.4 is 5.32 Å². The standard InChI is InChI=1S/C6H10N2O4/c1-11-6(12-2)8-3-4(9)7-5(8)10/h6H,3H2,1-2H3,(H,7,9,10). The molecule has 0 bridgehead atoms. The minimum atomic E-state index is -0.795. The third-order valence-electron chi connectivity index (χ3n) is 1.48. The first kappa shape index (κ1) is 8.95. The first-order chi connectivity index (χ1) is 5.69. The zero-order chi connectivity index (χ0) is 9.14. The van der Waals surface area contributed by atoms with Gasteiger partial charge in [0, 0.05) is 14.2 Å². The second kappa shape index (κ2) is 3.51. The van der Waals surface area contributed by atoms with Crippen molar-refractivity contribution in [3.8, 4) is 0 Å². The fourth-order valence-electron chi connectivity index (χ4n) is 0.978. The van der Waals surface area contributed by atoms with E-state index in [1.54, 1.807) is 0 Å². The molecule has 0 unspecified atom stereocenters. The molecule has 3 amide bonds. The molecule has 1 saturated heterocycles. The van der Waals surface area contributed by atoms with Gasteiger partial charge in [0.05, 0.1) is 0 Å². The molecule has 6 heteroatoms. The predicted octanol–water partition coefficient (Wildman–Crippen LogP) is -0.885. The number of carbonyl (C=O) groups excluding carboxylic acids is 2. The van der Waals surface area contributed by atoms with Crippen molar-refractivity contribution in [3.63, 3.8) is 0 Å². The van der Waals surface area contributed by atoms with Gasteiger partial charge in [-0.2, -0.15) is 0 Å². The molecule has 1 fully saturated rings. The first-order valence-corrected chi connectivity index (χ1v) is 3.35. The Kier molecular flexibility index (Phi) is 2.61.